The average Bonchev–Trinajstić information content (AvgIpc) is 2.84. The highest BCUT2D eigenvalue weighted by Gasteiger charge is 2.26. The van der Waals surface area contributed by atoms with Gasteiger partial charge in [0, 0.05) is 18.6 Å². The zero-order valence-corrected chi connectivity index (χ0v) is 13.0. The Morgan fingerprint density at radius 2 is 1.74 bits per heavy atom. The van der Waals surface area contributed by atoms with Gasteiger partial charge >= 0.3 is 0 Å². The van der Waals surface area contributed by atoms with E-state index in [4.69, 9.17) is 4.42 Å². The molecule has 19 heavy (non-hydrogen) atoms. The molecule has 1 saturated heterocycles. The highest BCUT2D eigenvalue weighted by Crippen LogP contribution is 2.24. The number of furan rings is 1. The molecule has 1 aliphatic rings. The maximum absolute atomic E-state index is 5.91. The van der Waals surface area contributed by atoms with Crippen molar-refractivity contribution < 1.29 is 4.42 Å². The molecule has 0 spiro atoms. The highest BCUT2D eigenvalue weighted by molar-refractivity contribution is 5.07. The van der Waals surface area contributed by atoms with Gasteiger partial charge in [-0.2, -0.15) is 0 Å². The smallest absolute Gasteiger partial charge is 0.118 e. The van der Waals surface area contributed by atoms with Crippen LogP contribution in [0.1, 0.15) is 46.1 Å². The Labute approximate surface area is 117 Å². The largest absolute Gasteiger partial charge is 0.463 e. The minimum atomic E-state index is 0.132. The summed E-state index contributed by atoms with van der Waals surface area (Å²) < 4.78 is 5.91. The van der Waals surface area contributed by atoms with Crippen molar-refractivity contribution in [3.8, 4) is 0 Å². The van der Waals surface area contributed by atoms with E-state index in [2.05, 4.69) is 57.0 Å². The summed E-state index contributed by atoms with van der Waals surface area (Å²) in [4.78, 5) is 2.50. The summed E-state index contributed by atoms with van der Waals surface area (Å²) in [6.07, 6.45) is 0. The fourth-order valence-corrected chi connectivity index (χ4v) is 2.55. The van der Waals surface area contributed by atoms with E-state index in [0.717, 1.165) is 36.4 Å². The first-order chi connectivity index (χ1) is 8.83. The summed E-state index contributed by atoms with van der Waals surface area (Å²) in [6.45, 7) is 15.3. The van der Waals surface area contributed by atoms with Gasteiger partial charge in [-0.05, 0) is 44.7 Å². The second-order valence-corrected chi connectivity index (χ2v) is 7.12. The minimum absolute atomic E-state index is 0.132. The predicted molar refractivity (Wildman–Crippen MR) is 78.9 cm³/mol. The Kier molecular flexibility index (Phi) is 4.36. The molecular weight excluding hydrogens is 236 g/mol. The Balaban J connectivity index is 1.84. The van der Waals surface area contributed by atoms with Gasteiger partial charge in [-0.1, -0.05) is 13.8 Å². The first kappa shape index (κ1) is 14.6. The molecule has 2 heterocycles. The van der Waals surface area contributed by atoms with Crippen LogP contribution in [0.2, 0.25) is 0 Å². The van der Waals surface area contributed by atoms with Gasteiger partial charge in [0.15, 0.2) is 0 Å². The number of hydrogen-bond donors (Lipinski definition) is 1. The van der Waals surface area contributed by atoms with E-state index in [9.17, 15) is 0 Å². The second-order valence-electron chi connectivity index (χ2n) is 7.12. The van der Waals surface area contributed by atoms with Crippen molar-refractivity contribution in [3.63, 3.8) is 0 Å². The lowest BCUT2D eigenvalue weighted by atomic mass is 10.0. The van der Waals surface area contributed by atoms with Crippen LogP contribution in [-0.4, -0.2) is 23.5 Å². The fourth-order valence-electron chi connectivity index (χ4n) is 2.55. The molecule has 0 saturated carbocycles. The van der Waals surface area contributed by atoms with Crippen LogP contribution in [0.15, 0.2) is 16.5 Å². The van der Waals surface area contributed by atoms with Crippen molar-refractivity contribution in [2.24, 2.45) is 11.8 Å². The van der Waals surface area contributed by atoms with E-state index < -0.39 is 0 Å². The first-order valence-corrected chi connectivity index (χ1v) is 7.38. The van der Waals surface area contributed by atoms with E-state index in [1.807, 2.05) is 0 Å². The quantitative estimate of drug-likeness (QED) is 0.905. The van der Waals surface area contributed by atoms with Crippen LogP contribution in [0.3, 0.4) is 0 Å². The molecule has 3 nitrogen and oxygen atoms in total. The number of rotatable bonds is 4. The predicted octanol–water partition coefficient (Wildman–Crippen LogP) is 3.26. The van der Waals surface area contributed by atoms with Crippen LogP contribution in [0.4, 0.5) is 0 Å². The normalized spacial score (nSPS) is 25.1. The molecule has 0 amide bonds. The van der Waals surface area contributed by atoms with E-state index >= 15 is 0 Å². The minimum Gasteiger partial charge on any atom is -0.463 e. The molecule has 2 atom stereocenters. The molecule has 0 radical (unpaired) electrons. The van der Waals surface area contributed by atoms with Crippen LogP contribution >= 0.6 is 0 Å². The molecule has 2 rings (SSSR count). The van der Waals surface area contributed by atoms with Gasteiger partial charge in [0.25, 0.3) is 0 Å². The summed E-state index contributed by atoms with van der Waals surface area (Å²) in [5.74, 6) is 3.73. The van der Waals surface area contributed by atoms with Gasteiger partial charge in [0.05, 0.1) is 13.1 Å². The van der Waals surface area contributed by atoms with Crippen LogP contribution in [0.25, 0.3) is 0 Å². The van der Waals surface area contributed by atoms with Gasteiger partial charge < -0.3 is 9.73 Å². The lowest BCUT2D eigenvalue weighted by Gasteiger charge is -2.19. The van der Waals surface area contributed by atoms with Gasteiger partial charge in [-0.3, -0.25) is 4.90 Å². The fraction of sp³-hybridized carbons (Fsp3) is 0.750. The molecular formula is C16H28N2O. The third kappa shape index (κ3) is 4.36. The van der Waals surface area contributed by atoms with Crippen LogP contribution in [0.5, 0.6) is 0 Å². The van der Waals surface area contributed by atoms with Crippen molar-refractivity contribution in [2.75, 3.05) is 13.1 Å². The first-order valence-electron chi connectivity index (χ1n) is 7.38. The maximum Gasteiger partial charge on any atom is 0.118 e. The lowest BCUT2D eigenvalue weighted by molar-refractivity contribution is 0.278. The summed E-state index contributed by atoms with van der Waals surface area (Å²) in [5, 5.41) is 3.45. The topological polar surface area (TPSA) is 28.4 Å². The molecule has 0 aromatic carbocycles. The molecule has 1 fully saturated rings. The van der Waals surface area contributed by atoms with Crippen molar-refractivity contribution >= 4 is 0 Å². The Bertz CT molecular complexity index is 395. The molecule has 1 aromatic heterocycles. The number of likely N-dealkylation sites (tertiary alicyclic amines) is 1. The van der Waals surface area contributed by atoms with Gasteiger partial charge in [-0.25, -0.2) is 0 Å². The van der Waals surface area contributed by atoms with E-state index in [1.54, 1.807) is 0 Å². The van der Waals surface area contributed by atoms with Crippen LogP contribution in [0, 0.1) is 11.8 Å². The molecule has 3 heteroatoms. The highest BCUT2D eigenvalue weighted by atomic mass is 16.3. The average molecular weight is 264 g/mol. The molecule has 1 N–H and O–H groups in total. The molecule has 1 aliphatic heterocycles. The van der Waals surface area contributed by atoms with E-state index in [-0.39, 0.29) is 5.54 Å². The molecule has 2 unspecified atom stereocenters. The summed E-state index contributed by atoms with van der Waals surface area (Å²) >= 11 is 0. The summed E-state index contributed by atoms with van der Waals surface area (Å²) in [7, 11) is 0. The molecule has 108 valence electrons. The summed E-state index contributed by atoms with van der Waals surface area (Å²) in [5.41, 5.74) is 0.132. The van der Waals surface area contributed by atoms with Crippen molar-refractivity contribution in [3.05, 3.63) is 23.7 Å². The van der Waals surface area contributed by atoms with E-state index in [1.165, 1.54) is 13.1 Å². The summed E-state index contributed by atoms with van der Waals surface area (Å²) in [6, 6.07) is 4.21. The standard InChI is InChI=1S/C16H28N2O/c1-12-9-18(10-13(12)2)11-15-7-6-14(19-15)8-17-16(3,4)5/h6-7,12-13,17H,8-11H2,1-5H3. The number of nitrogens with zero attached hydrogens (tertiary/aromatic N) is 1. The lowest BCUT2D eigenvalue weighted by Crippen LogP contribution is -2.34. The number of nitrogens with one attached hydrogen (secondary N) is 1. The van der Waals surface area contributed by atoms with Gasteiger partial charge in [0.1, 0.15) is 11.5 Å². The SMILES string of the molecule is CC1CN(Cc2ccc(CNC(C)(C)C)o2)CC1C. The Morgan fingerprint density at radius 3 is 2.32 bits per heavy atom. The third-order valence-corrected chi connectivity index (χ3v) is 3.95. The van der Waals surface area contributed by atoms with Crippen molar-refractivity contribution in [1.29, 1.82) is 0 Å². The van der Waals surface area contributed by atoms with Gasteiger partial charge in [-0.15, -0.1) is 0 Å². The zero-order chi connectivity index (χ0) is 14.0. The zero-order valence-electron chi connectivity index (χ0n) is 13.0. The molecule has 1 aromatic rings. The Hall–Kier alpha value is -0.800. The second kappa shape index (κ2) is 5.68. The van der Waals surface area contributed by atoms with Crippen molar-refractivity contribution in [1.82, 2.24) is 10.2 Å². The number of hydrogen-bond acceptors (Lipinski definition) is 3. The van der Waals surface area contributed by atoms with Gasteiger partial charge in [0.2, 0.25) is 0 Å². The van der Waals surface area contributed by atoms with Crippen LogP contribution in [-0.2, 0) is 13.1 Å². The Morgan fingerprint density at radius 1 is 1.16 bits per heavy atom. The monoisotopic (exact) mass is 264 g/mol. The van der Waals surface area contributed by atoms with E-state index in [0.29, 0.717) is 0 Å². The molecule has 0 bridgehead atoms. The third-order valence-electron chi connectivity index (χ3n) is 3.95. The maximum atomic E-state index is 5.91. The van der Waals surface area contributed by atoms with Crippen LogP contribution < -0.4 is 5.32 Å². The van der Waals surface area contributed by atoms with Crippen molar-refractivity contribution in [2.45, 2.75) is 53.2 Å². The molecule has 0 aliphatic carbocycles.